The molecule has 1 N–H and O–H groups in total. The molecule has 1 aromatic heterocycles. The number of halogens is 1. The number of H-pyrrole nitrogens is 1. The van der Waals surface area contributed by atoms with Crippen LogP contribution in [0.25, 0.3) is 10.9 Å². The van der Waals surface area contributed by atoms with Crippen LogP contribution in [0.4, 0.5) is 0 Å². The van der Waals surface area contributed by atoms with Gasteiger partial charge in [-0.3, -0.25) is 4.79 Å². The summed E-state index contributed by atoms with van der Waals surface area (Å²) in [6.07, 6.45) is 8.03. The summed E-state index contributed by atoms with van der Waals surface area (Å²) in [5.74, 6) is 0.677. The summed E-state index contributed by atoms with van der Waals surface area (Å²) in [6, 6.07) is 6.90. The first-order valence-electron chi connectivity index (χ1n) is 8.11. The zero-order chi connectivity index (χ0) is 17.7. The van der Waals surface area contributed by atoms with Crippen LogP contribution in [0.5, 0.6) is 0 Å². The van der Waals surface area contributed by atoms with Crippen molar-refractivity contribution < 1.29 is 14.0 Å². The number of carbonyl (C=O) groups excluding carboxylic acids is 1. The van der Waals surface area contributed by atoms with E-state index in [1.54, 1.807) is 0 Å². The van der Waals surface area contributed by atoms with Crippen LogP contribution in [0, 0.1) is 5.92 Å². The van der Waals surface area contributed by atoms with Gasteiger partial charge in [0, 0.05) is 33.9 Å². The Morgan fingerprint density at radius 2 is 2.08 bits per heavy atom. The van der Waals surface area contributed by atoms with E-state index in [1.807, 2.05) is 0 Å². The molecule has 0 amide bonds. The number of benzene rings is 1. The van der Waals surface area contributed by atoms with Gasteiger partial charge in [-0.25, -0.2) is 0 Å². The number of hydrogen-bond acceptors (Lipinski definition) is 2. The van der Waals surface area contributed by atoms with Gasteiger partial charge in [-0.15, -0.1) is 0 Å². The summed E-state index contributed by atoms with van der Waals surface area (Å²) in [4.78, 5) is 12.3. The van der Waals surface area contributed by atoms with Crippen LogP contribution in [0.3, 0.4) is 0 Å². The third-order valence-corrected chi connectivity index (χ3v) is 5.24. The molecule has 4 nitrogen and oxygen atoms in total. The number of carbonyl (C=O) groups is 1. The number of ether oxygens (including phenoxy) is 1. The Balaban J connectivity index is 0.000000471. The monoisotopic (exact) mass is 393 g/mol. The molecule has 3 rings (SSSR count). The molecule has 0 aliphatic carbocycles. The zero-order valence-corrected chi connectivity index (χ0v) is 16.3. The molecule has 2 heterocycles. The Morgan fingerprint density at radius 3 is 2.71 bits per heavy atom. The Hall–Kier alpha value is -1.59. The van der Waals surface area contributed by atoms with Crippen molar-refractivity contribution in [3.63, 3.8) is 0 Å². The molecule has 0 bridgehead atoms. The minimum atomic E-state index is 0.375. The predicted octanol–water partition coefficient (Wildman–Crippen LogP) is 3.91. The number of nitrogens with zero attached hydrogens (tertiary/aromatic N) is 1. The van der Waals surface area contributed by atoms with Crippen LogP contribution in [0.15, 0.2) is 41.0 Å². The first kappa shape index (κ1) is 18.7. The van der Waals surface area contributed by atoms with Gasteiger partial charge in [-0.2, -0.15) is 0 Å². The van der Waals surface area contributed by atoms with E-state index in [4.69, 9.17) is 4.79 Å². The predicted molar refractivity (Wildman–Crippen MR) is 102 cm³/mol. The molecule has 1 aliphatic heterocycles. The molecular weight excluding hydrogens is 368 g/mol. The summed E-state index contributed by atoms with van der Waals surface area (Å²) in [7, 11) is 6.00. The summed E-state index contributed by atoms with van der Waals surface area (Å²) in [6.45, 7) is 3.89. The number of nitrogens with one attached hydrogen (secondary N) is 1. The van der Waals surface area contributed by atoms with E-state index in [2.05, 4.69) is 83.2 Å². The van der Waals surface area contributed by atoms with Gasteiger partial charge in [-0.1, -0.05) is 35.0 Å². The number of aromatic amines is 1. The van der Waals surface area contributed by atoms with Crippen molar-refractivity contribution in [1.29, 1.82) is 0 Å². The third kappa shape index (κ3) is 4.28. The van der Waals surface area contributed by atoms with Crippen molar-refractivity contribution in [1.82, 2.24) is 4.98 Å². The van der Waals surface area contributed by atoms with Crippen LogP contribution in [-0.4, -0.2) is 49.7 Å². The fourth-order valence-corrected chi connectivity index (χ4v) is 4.02. The molecule has 1 aliphatic rings. The van der Waals surface area contributed by atoms with Crippen molar-refractivity contribution in [2.24, 2.45) is 5.92 Å². The fraction of sp³-hybridized carbons (Fsp3) is 0.421. The van der Waals surface area contributed by atoms with Gasteiger partial charge in [-0.05, 0) is 23.8 Å². The second kappa shape index (κ2) is 7.99. The van der Waals surface area contributed by atoms with Crippen LogP contribution in [0.2, 0.25) is 0 Å². The smallest absolute Gasteiger partial charge is 0.292 e. The summed E-state index contributed by atoms with van der Waals surface area (Å²) < 4.78 is 6.11. The summed E-state index contributed by atoms with van der Waals surface area (Å²) in [5, 5.41) is 1.33. The van der Waals surface area contributed by atoms with E-state index < -0.39 is 0 Å². The van der Waals surface area contributed by atoms with E-state index >= 15 is 0 Å². The van der Waals surface area contributed by atoms with Gasteiger partial charge < -0.3 is 14.2 Å². The molecule has 5 heteroatoms. The highest BCUT2D eigenvalue weighted by atomic mass is 79.9. The zero-order valence-electron chi connectivity index (χ0n) is 14.8. The van der Waals surface area contributed by atoms with Crippen molar-refractivity contribution in [2.45, 2.75) is 19.4 Å². The first-order valence-corrected chi connectivity index (χ1v) is 8.90. The number of aromatic nitrogens is 1. The lowest BCUT2D eigenvalue weighted by Gasteiger charge is -2.41. The standard InChI is InChI=1S/C17H22BrN2.C2H4O2/c1-12-7-8-14(20(2,3)11-12)9-13-10-19-16-6-4-5-15(18)17(13)16;1-4-2-3/h4-8,10,12,14,19H,9,11H2,1-3H3;2H,1H3/q+1;. The molecule has 0 saturated heterocycles. The Bertz CT molecular complexity index is 721. The van der Waals surface area contributed by atoms with Gasteiger partial charge >= 0.3 is 0 Å². The SMILES string of the molecule is CC1C=CC(Cc2c[nH]c3cccc(Br)c23)[N+](C)(C)C1.COC=O. The van der Waals surface area contributed by atoms with Crippen molar-refractivity contribution in [3.05, 3.63) is 46.6 Å². The maximum atomic E-state index is 8.95. The molecule has 0 saturated carbocycles. The number of hydrogen-bond donors (Lipinski definition) is 1. The lowest BCUT2D eigenvalue weighted by molar-refractivity contribution is -0.912. The summed E-state index contributed by atoms with van der Waals surface area (Å²) >= 11 is 3.69. The van der Waals surface area contributed by atoms with Crippen molar-refractivity contribution >= 4 is 33.3 Å². The second-order valence-electron chi connectivity index (χ2n) is 6.90. The van der Waals surface area contributed by atoms with Crippen LogP contribution >= 0.6 is 15.9 Å². The second-order valence-corrected chi connectivity index (χ2v) is 7.76. The van der Waals surface area contributed by atoms with Gasteiger partial charge in [0.15, 0.2) is 0 Å². The van der Waals surface area contributed by atoms with Crippen LogP contribution < -0.4 is 0 Å². The average molecular weight is 394 g/mol. The highest BCUT2D eigenvalue weighted by molar-refractivity contribution is 9.10. The number of methoxy groups -OCH3 is 1. The van der Waals surface area contributed by atoms with Crippen LogP contribution in [-0.2, 0) is 16.0 Å². The van der Waals surface area contributed by atoms with Gasteiger partial charge in [0.25, 0.3) is 6.47 Å². The van der Waals surface area contributed by atoms with E-state index in [1.165, 1.54) is 34.6 Å². The lowest BCUT2D eigenvalue weighted by atomic mass is 9.95. The normalized spacial score (nSPS) is 21.9. The van der Waals surface area contributed by atoms with E-state index in [-0.39, 0.29) is 0 Å². The van der Waals surface area contributed by atoms with E-state index in [0.717, 1.165) is 10.9 Å². The maximum Gasteiger partial charge on any atom is 0.292 e. The Labute approximate surface area is 152 Å². The molecule has 0 fully saturated rings. The van der Waals surface area contributed by atoms with Gasteiger partial charge in [0.2, 0.25) is 0 Å². The minimum absolute atomic E-state index is 0.375. The summed E-state index contributed by atoms with van der Waals surface area (Å²) in [5.41, 5.74) is 2.62. The van der Waals surface area contributed by atoms with Gasteiger partial charge in [0.1, 0.15) is 6.04 Å². The highest BCUT2D eigenvalue weighted by Gasteiger charge is 2.31. The molecule has 2 aromatic rings. The number of likely N-dealkylation sites (N-methyl/N-ethyl adjacent to an activating group) is 1. The van der Waals surface area contributed by atoms with E-state index in [9.17, 15) is 0 Å². The maximum absolute atomic E-state index is 8.95. The molecule has 24 heavy (non-hydrogen) atoms. The molecular formula is C19H26BrN2O2+. The molecule has 2 unspecified atom stereocenters. The number of fused-ring (bicyclic) bond motifs is 1. The molecule has 0 radical (unpaired) electrons. The van der Waals surface area contributed by atoms with Crippen LogP contribution in [0.1, 0.15) is 12.5 Å². The molecule has 1 aromatic carbocycles. The quantitative estimate of drug-likeness (QED) is 0.487. The Kier molecular flexibility index (Phi) is 6.24. The van der Waals surface area contributed by atoms with E-state index in [0.29, 0.717) is 18.4 Å². The molecule has 0 spiro atoms. The third-order valence-electron chi connectivity index (χ3n) is 4.58. The molecule has 130 valence electrons. The molecule has 2 atom stereocenters. The Morgan fingerprint density at radius 1 is 1.38 bits per heavy atom. The first-order chi connectivity index (χ1) is 11.4. The van der Waals surface area contributed by atoms with Gasteiger partial charge in [0.05, 0.1) is 27.7 Å². The average Bonchev–Trinajstić information content (AvgIpc) is 2.94. The van der Waals surface area contributed by atoms with Crippen molar-refractivity contribution in [3.8, 4) is 0 Å². The number of rotatable bonds is 3. The highest BCUT2D eigenvalue weighted by Crippen LogP contribution is 2.30. The lowest BCUT2D eigenvalue weighted by Crippen LogP contribution is -2.53. The topological polar surface area (TPSA) is 42.1 Å². The fourth-order valence-electron chi connectivity index (χ4n) is 3.40. The minimum Gasteiger partial charge on any atom is -0.471 e. The number of quaternary nitrogens is 1. The van der Waals surface area contributed by atoms with Crippen molar-refractivity contribution in [2.75, 3.05) is 27.7 Å². The largest absolute Gasteiger partial charge is 0.471 e.